The van der Waals surface area contributed by atoms with Crippen molar-refractivity contribution in [1.82, 2.24) is 5.32 Å². The van der Waals surface area contributed by atoms with Crippen molar-refractivity contribution in [2.45, 2.75) is 270 Å². The third-order valence-electron chi connectivity index (χ3n) is 12.9. The highest BCUT2D eigenvalue weighted by molar-refractivity contribution is 7.47. The van der Waals surface area contributed by atoms with Gasteiger partial charge in [0.05, 0.1) is 33.8 Å². The lowest BCUT2D eigenvalue weighted by Crippen LogP contribution is -2.47. The molecule has 0 bridgehead atoms. The van der Waals surface area contributed by atoms with Gasteiger partial charge in [-0.25, -0.2) is 4.57 Å². The fourth-order valence-electron chi connectivity index (χ4n) is 8.22. The van der Waals surface area contributed by atoms with Crippen LogP contribution in [0.3, 0.4) is 0 Å². The number of phosphoric ester groups is 1. The molecule has 72 heavy (non-hydrogen) atoms. The molecule has 0 saturated heterocycles. The zero-order valence-electron chi connectivity index (χ0n) is 47.7. The molecule has 0 aromatic carbocycles. The predicted molar refractivity (Wildman–Crippen MR) is 309 cm³/mol. The first-order valence-electron chi connectivity index (χ1n) is 29.8. The second-order valence-electron chi connectivity index (χ2n) is 21.2. The topological polar surface area (TPSA) is 111 Å². The Balaban J connectivity index is 5.41. The van der Waals surface area contributed by atoms with Crippen LogP contribution in [-0.4, -0.2) is 74.3 Å². The number of nitrogens with zero attached hydrogens (tertiary/aromatic N) is 1. The molecule has 0 heterocycles. The maximum Gasteiger partial charge on any atom is 0.472 e. The zero-order valence-corrected chi connectivity index (χ0v) is 48.6. The summed E-state index contributed by atoms with van der Waals surface area (Å²) in [4.78, 5) is 37.6. The molecule has 0 radical (unpaired) electrons. The van der Waals surface area contributed by atoms with Crippen LogP contribution < -0.4 is 5.32 Å². The monoisotopic (exact) mass is 1030 g/mol. The molecule has 2 N–H and O–H groups in total. The molecule has 3 unspecified atom stereocenters. The van der Waals surface area contributed by atoms with Crippen LogP contribution in [0, 0.1) is 0 Å². The molecule has 0 aliphatic rings. The molecule has 0 aromatic rings. The van der Waals surface area contributed by atoms with Crippen LogP contribution in [0.4, 0.5) is 0 Å². The maximum absolute atomic E-state index is 13.5. The number of amides is 1. The first-order chi connectivity index (χ1) is 34.9. The van der Waals surface area contributed by atoms with Gasteiger partial charge in [-0.3, -0.25) is 18.6 Å². The number of hydrogen-bond donors (Lipinski definition) is 2. The van der Waals surface area contributed by atoms with E-state index in [0.29, 0.717) is 17.4 Å². The number of quaternary nitrogens is 1. The Morgan fingerprint density at radius 2 is 0.861 bits per heavy atom. The number of carbonyl (C=O) groups is 2. The zero-order chi connectivity index (χ0) is 52.9. The Morgan fingerprint density at radius 1 is 0.486 bits per heavy atom. The molecule has 0 fully saturated rings. The number of phosphoric acid groups is 1. The molecule has 3 atom stereocenters. The van der Waals surface area contributed by atoms with Crippen molar-refractivity contribution in [1.29, 1.82) is 0 Å². The normalized spacial score (nSPS) is 14.3. The van der Waals surface area contributed by atoms with E-state index in [1.54, 1.807) is 0 Å². The summed E-state index contributed by atoms with van der Waals surface area (Å²) in [5, 5.41) is 3.02. The summed E-state index contributed by atoms with van der Waals surface area (Å²) in [5.74, 6) is -0.575. The lowest BCUT2D eigenvalue weighted by Gasteiger charge is -2.27. The molecule has 0 rings (SSSR count). The maximum atomic E-state index is 13.5. The van der Waals surface area contributed by atoms with Gasteiger partial charge in [0.2, 0.25) is 5.91 Å². The summed E-state index contributed by atoms with van der Waals surface area (Å²) in [5.41, 5.74) is 0. The van der Waals surface area contributed by atoms with Gasteiger partial charge >= 0.3 is 13.8 Å². The van der Waals surface area contributed by atoms with Crippen molar-refractivity contribution in [2.75, 3.05) is 40.9 Å². The molecule has 0 saturated carbocycles. The molecule has 0 aliphatic heterocycles. The average molecular weight is 1030 g/mol. The van der Waals surface area contributed by atoms with Crippen molar-refractivity contribution in [3.63, 3.8) is 0 Å². The molecule has 0 aromatic heterocycles. The van der Waals surface area contributed by atoms with Crippen LogP contribution in [0.15, 0.2) is 72.9 Å². The smallest absolute Gasteiger partial charge is 0.456 e. The highest BCUT2D eigenvalue weighted by Crippen LogP contribution is 2.43. The van der Waals surface area contributed by atoms with E-state index in [4.69, 9.17) is 13.8 Å². The molecule has 0 aliphatic carbocycles. The summed E-state index contributed by atoms with van der Waals surface area (Å²) in [6, 6.07) is -0.880. The molecule has 0 spiro atoms. The van der Waals surface area contributed by atoms with Gasteiger partial charge in [0.1, 0.15) is 19.3 Å². The number of rotatable bonds is 53. The number of carbonyl (C=O) groups excluding carboxylic acids is 2. The number of ether oxygens (including phenoxy) is 1. The molecule has 1 amide bonds. The summed E-state index contributed by atoms with van der Waals surface area (Å²) in [6.07, 6.45) is 66.2. The van der Waals surface area contributed by atoms with Gasteiger partial charge in [0.15, 0.2) is 0 Å². The van der Waals surface area contributed by atoms with Crippen molar-refractivity contribution >= 4 is 19.7 Å². The first-order valence-corrected chi connectivity index (χ1v) is 31.3. The second kappa shape index (κ2) is 51.9. The van der Waals surface area contributed by atoms with Gasteiger partial charge in [-0.2, -0.15) is 0 Å². The molecular formula is C62H114N2O7P+. The fourth-order valence-corrected chi connectivity index (χ4v) is 8.96. The second-order valence-corrected chi connectivity index (χ2v) is 22.6. The third kappa shape index (κ3) is 52.3. The highest BCUT2D eigenvalue weighted by Gasteiger charge is 2.30. The van der Waals surface area contributed by atoms with E-state index < -0.39 is 20.0 Å². The van der Waals surface area contributed by atoms with E-state index in [2.05, 4.69) is 86.8 Å². The van der Waals surface area contributed by atoms with Crippen LogP contribution in [0.2, 0.25) is 0 Å². The van der Waals surface area contributed by atoms with E-state index in [0.717, 1.165) is 77.0 Å². The number of nitrogens with one attached hydrogen (secondary N) is 1. The summed E-state index contributed by atoms with van der Waals surface area (Å²) in [6.45, 7) is 6.93. The SMILES string of the molecule is CCCCC/C=C\C/C=C\C/C=C\C/C=C\CCCC(=O)NC(COP(=O)(O)OCC[N+](C)(C)C)C(/C=C/CCCCCCCCCCCC)OC(=O)CCCCCCCCC/C=C/CCCCCCCC. The Labute approximate surface area is 444 Å². The highest BCUT2D eigenvalue weighted by atomic mass is 31.2. The largest absolute Gasteiger partial charge is 0.472 e. The molecule has 10 heteroatoms. The number of esters is 1. The summed E-state index contributed by atoms with van der Waals surface area (Å²) in [7, 11) is 1.46. The number of hydrogen-bond acceptors (Lipinski definition) is 6. The van der Waals surface area contributed by atoms with Gasteiger partial charge in [-0.15, -0.1) is 0 Å². The first kappa shape index (κ1) is 69.5. The minimum atomic E-state index is -4.46. The lowest BCUT2D eigenvalue weighted by molar-refractivity contribution is -0.870. The van der Waals surface area contributed by atoms with Crippen LogP contribution in [0.5, 0.6) is 0 Å². The molecular weight excluding hydrogens is 916 g/mol. The van der Waals surface area contributed by atoms with Crippen molar-refractivity contribution in [2.24, 2.45) is 0 Å². The number of allylic oxidation sites excluding steroid dienone is 11. The van der Waals surface area contributed by atoms with Gasteiger partial charge < -0.3 is 19.4 Å². The van der Waals surface area contributed by atoms with E-state index in [1.165, 1.54) is 141 Å². The Morgan fingerprint density at radius 3 is 1.33 bits per heavy atom. The van der Waals surface area contributed by atoms with E-state index in [9.17, 15) is 19.0 Å². The third-order valence-corrected chi connectivity index (χ3v) is 13.9. The van der Waals surface area contributed by atoms with Gasteiger partial charge in [0, 0.05) is 12.8 Å². The Kier molecular flexibility index (Phi) is 50.1. The quantitative estimate of drug-likeness (QED) is 0.0205. The lowest BCUT2D eigenvalue weighted by atomic mass is 10.1. The average Bonchev–Trinajstić information content (AvgIpc) is 3.34. The van der Waals surface area contributed by atoms with Crippen LogP contribution in [0.25, 0.3) is 0 Å². The number of unbranched alkanes of at least 4 members (excludes halogenated alkanes) is 27. The van der Waals surface area contributed by atoms with Gasteiger partial charge in [0.25, 0.3) is 0 Å². The van der Waals surface area contributed by atoms with Crippen LogP contribution in [-0.2, 0) is 27.9 Å². The van der Waals surface area contributed by atoms with Crippen LogP contribution in [0.1, 0.15) is 258 Å². The minimum Gasteiger partial charge on any atom is -0.456 e. The van der Waals surface area contributed by atoms with Crippen molar-refractivity contribution < 1.29 is 37.3 Å². The predicted octanol–water partition coefficient (Wildman–Crippen LogP) is 18.1. The number of likely N-dealkylation sites (N-methyl/N-ethyl adjacent to an activating group) is 1. The summed E-state index contributed by atoms with van der Waals surface area (Å²) < 4.78 is 30.6. The van der Waals surface area contributed by atoms with Gasteiger partial charge in [-0.1, -0.05) is 222 Å². The van der Waals surface area contributed by atoms with E-state index in [-0.39, 0.29) is 37.9 Å². The van der Waals surface area contributed by atoms with E-state index in [1.807, 2.05) is 33.3 Å². The van der Waals surface area contributed by atoms with Crippen molar-refractivity contribution in [3.8, 4) is 0 Å². The Bertz CT molecular complexity index is 1460. The molecule has 9 nitrogen and oxygen atoms in total. The fraction of sp³-hybridized carbons (Fsp3) is 0.774. The Hall–Kier alpha value is -2.55. The van der Waals surface area contributed by atoms with Crippen LogP contribution >= 0.6 is 7.82 Å². The summed E-state index contributed by atoms with van der Waals surface area (Å²) >= 11 is 0. The van der Waals surface area contributed by atoms with Crippen molar-refractivity contribution in [3.05, 3.63) is 72.9 Å². The standard InChI is InChI=1S/C62H113N2O7P/c1-7-10-13-16-19-22-25-28-30-32-34-36-39-42-45-48-51-54-61(65)63-59(58-70-72(67,68)69-57-56-64(4,5)6)60(53-50-47-44-41-38-27-24-21-18-15-12-9-3)71-62(66)55-52-49-46-43-40-37-35-33-31-29-26-23-20-17-14-11-8-2/h19,22,28-31,34,36,42,45,50,53,59-60H,7-18,20-21,23-27,32-33,35,37-41,43-44,46-49,51-52,54-58H2,1-6H3,(H-,63,65,67,68)/p+1/b22-19-,30-28-,31-29+,36-34-,45-42-,53-50+. The van der Waals surface area contributed by atoms with E-state index >= 15 is 0 Å². The molecule has 418 valence electrons. The van der Waals surface area contributed by atoms with Gasteiger partial charge in [-0.05, 0) is 96.0 Å². The minimum absolute atomic E-state index is 0.0274.